The molecule has 0 unspecified atom stereocenters. The first-order valence-electron chi connectivity index (χ1n) is 11.4. The Morgan fingerprint density at radius 1 is 1.23 bits per heavy atom. The van der Waals surface area contributed by atoms with Crippen LogP contribution in [0.1, 0.15) is 42.9 Å². The van der Waals surface area contributed by atoms with Gasteiger partial charge in [0.25, 0.3) is 5.91 Å². The molecule has 4 atom stereocenters. The number of benzene rings is 1. The maximum atomic E-state index is 13.7. The quantitative estimate of drug-likeness (QED) is 0.318. The molecule has 0 aliphatic heterocycles. The minimum absolute atomic E-state index is 0.0449. The normalized spacial score (nSPS) is 27.7. The maximum absolute atomic E-state index is 13.7. The molecule has 9 heteroatoms. The van der Waals surface area contributed by atoms with Crippen LogP contribution in [0.3, 0.4) is 0 Å². The number of phenols is 1. The Morgan fingerprint density at radius 2 is 1.91 bits per heavy atom. The Labute approximate surface area is 202 Å². The van der Waals surface area contributed by atoms with E-state index in [0.717, 1.165) is 6.42 Å². The van der Waals surface area contributed by atoms with E-state index in [0.29, 0.717) is 17.5 Å². The number of nitrogens with two attached hydrogens (primary N) is 1. The highest BCUT2D eigenvalue weighted by Crippen LogP contribution is 2.52. The summed E-state index contributed by atoms with van der Waals surface area (Å²) in [6, 6.07) is 1.91. The van der Waals surface area contributed by atoms with Crippen LogP contribution in [0.4, 0.5) is 0 Å². The van der Waals surface area contributed by atoms with Crippen LogP contribution in [0.25, 0.3) is 5.76 Å². The summed E-state index contributed by atoms with van der Waals surface area (Å²) in [5, 5.41) is 44.1. The SMILES string of the molecule is CCCC#Cc1ccc(O)c2c1C[C@@H]1C[C@@H]3[C@@H](N(C)C)C(=O)C(C(N)=O)=C(O)[C@]3(O)C(=O)C1=C2O. The van der Waals surface area contributed by atoms with Crippen molar-refractivity contribution in [1.82, 2.24) is 4.90 Å². The largest absolute Gasteiger partial charge is 0.508 e. The van der Waals surface area contributed by atoms with Gasteiger partial charge in [-0.25, -0.2) is 0 Å². The first kappa shape index (κ1) is 24.5. The van der Waals surface area contributed by atoms with Crippen molar-refractivity contribution in [3.8, 4) is 17.6 Å². The molecule has 1 aromatic rings. The molecule has 0 heterocycles. The fraction of sp³-hybridized carbons (Fsp3) is 0.423. The minimum atomic E-state index is -2.64. The van der Waals surface area contributed by atoms with Crippen molar-refractivity contribution in [1.29, 1.82) is 0 Å². The number of fused-ring (bicyclic) bond motifs is 3. The number of hydrogen-bond acceptors (Lipinski definition) is 8. The third-order valence-corrected chi connectivity index (χ3v) is 7.20. The monoisotopic (exact) mass is 480 g/mol. The molecule has 3 aliphatic carbocycles. The molecular weight excluding hydrogens is 452 g/mol. The van der Waals surface area contributed by atoms with Gasteiger partial charge in [0, 0.05) is 23.5 Å². The summed E-state index contributed by atoms with van der Waals surface area (Å²) >= 11 is 0. The minimum Gasteiger partial charge on any atom is -0.508 e. The molecule has 184 valence electrons. The summed E-state index contributed by atoms with van der Waals surface area (Å²) in [4.78, 5) is 40.3. The van der Waals surface area contributed by atoms with E-state index in [1.54, 1.807) is 20.2 Å². The van der Waals surface area contributed by atoms with Gasteiger partial charge in [-0.05, 0) is 57.0 Å². The molecule has 0 aromatic heterocycles. The van der Waals surface area contributed by atoms with Crippen molar-refractivity contribution < 1.29 is 34.8 Å². The van der Waals surface area contributed by atoms with Crippen LogP contribution in [0, 0.1) is 23.7 Å². The van der Waals surface area contributed by atoms with Gasteiger partial charge in [-0.2, -0.15) is 0 Å². The summed E-state index contributed by atoms with van der Waals surface area (Å²) in [6.07, 6.45) is 1.80. The number of nitrogens with zero attached hydrogens (tertiary/aromatic N) is 1. The number of ketones is 2. The lowest BCUT2D eigenvalue weighted by molar-refractivity contribution is -0.153. The standard InChI is InChI=1S/C26H28N2O7/c1-4-5-6-7-12-8-9-16(29)18-14(12)10-13-11-15-20(28(2)3)22(31)19(25(27)34)24(33)26(15,35)23(32)17(13)21(18)30/h8-9,13,15,20,29-30,33,35H,4-5,10-11H2,1-3H3,(H2,27,34)/t13-,15-,20-,26-/m1/s1. The molecule has 6 N–H and O–H groups in total. The Bertz CT molecular complexity index is 1280. The maximum Gasteiger partial charge on any atom is 0.255 e. The van der Waals surface area contributed by atoms with Crippen molar-refractivity contribution >= 4 is 23.2 Å². The number of primary amides is 1. The molecule has 9 nitrogen and oxygen atoms in total. The number of rotatable bonds is 3. The fourth-order valence-corrected chi connectivity index (χ4v) is 5.64. The molecule has 1 saturated carbocycles. The van der Waals surface area contributed by atoms with Gasteiger partial charge in [0.2, 0.25) is 5.78 Å². The first-order chi connectivity index (χ1) is 16.5. The van der Waals surface area contributed by atoms with E-state index in [1.165, 1.54) is 11.0 Å². The average Bonchev–Trinajstić information content (AvgIpc) is 2.77. The molecule has 35 heavy (non-hydrogen) atoms. The third-order valence-electron chi connectivity index (χ3n) is 7.20. The lowest BCUT2D eigenvalue weighted by atomic mass is 9.57. The zero-order chi connectivity index (χ0) is 25.8. The fourth-order valence-electron chi connectivity index (χ4n) is 5.64. The highest BCUT2D eigenvalue weighted by molar-refractivity contribution is 6.24. The number of hydrogen-bond donors (Lipinski definition) is 5. The molecule has 0 bridgehead atoms. The van der Waals surface area contributed by atoms with E-state index < -0.39 is 58.0 Å². The van der Waals surface area contributed by atoms with Gasteiger partial charge in [-0.1, -0.05) is 18.8 Å². The van der Waals surface area contributed by atoms with Gasteiger partial charge in [-0.3, -0.25) is 19.3 Å². The van der Waals surface area contributed by atoms with Gasteiger partial charge in [0.05, 0.1) is 11.6 Å². The topological polar surface area (TPSA) is 161 Å². The molecular formula is C26H28N2O7. The molecule has 1 amide bonds. The smallest absolute Gasteiger partial charge is 0.255 e. The number of Topliss-reactive ketones (excluding diaryl/α,β-unsaturated/α-hetero) is 2. The van der Waals surface area contributed by atoms with Gasteiger partial charge >= 0.3 is 0 Å². The first-order valence-corrected chi connectivity index (χ1v) is 11.4. The van der Waals surface area contributed by atoms with Gasteiger partial charge < -0.3 is 26.2 Å². The second kappa shape index (κ2) is 8.56. The van der Waals surface area contributed by atoms with E-state index in [4.69, 9.17) is 5.73 Å². The van der Waals surface area contributed by atoms with E-state index >= 15 is 0 Å². The number of aliphatic hydroxyl groups is 3. The van der Waals surface area contributed by atoms with E-state index in [1.807, 2.05) is 6.92 Å². The van der Waals surface area contributed by atoms with Crippen molar-refractivity contribution in [2.75, 3.05) is 14.1 Å². The van der Waals surface area contributed by atoms with Crippen LogP contribution in [-0.4, -0.2) is 68.5 Å². The predicted molar refractivity (Wildman–Crippen MR) is 126 cm³/mol. The lowest BCUT2D eigenvalue weighted by Gasteiger charge is -2.50. The summed E-state index contributed by atoms with van der Waals surface area (Å²) < 4.78 is 0. The van der Waals surface area contributed by atoms with Crippen molar-refractivity contribution in [3.05, 3.63) is 45.7 Å². The molecule has 3 aliphatic rings. The van der Waals surface area contributed by atoms with Crippen LogP contribution in [0.2, 0.25) is 0 Å². The van der Waals surface area contributed by atoms with Crippen LogP contribution in [0.15, 0.2) is 29.0 Å². The zero-order valence-corrected chi connectivity index (χ0v) is 19.8. The number of amides is 1. The molecule has 0 spiro atoms. The summed E-state index contributed by atoms with van der Waals surface area (Å²) in [5.74, 6) is -0.556. The Kier molecular flexibility index (Phi) is 5.99. The van der Waals surface area contributed by atoms with Crippen molar-refractivity contribution in [3.63, 3.8) is 0 Å². The zero-order valence-electron chi connectivity index (χ0n) is 19.8. The third kappa shape index (κ3) is 3.44. The second-order valence-electron chi connectivity index (χ2n) is 9.50. The van der Waals surface area contributed by atoms with Crippen LogP contribution >= 0.6 is 0 Å². The Morgan fingerprint density at radius 3 is 2.51 bits per heavy atom. The van der Waals surface area contributed by atoms with Crippen molar-refractivity contribution in [2.24, 2.45) is 17.6 Å². The molecule has 1 fully saturated rings. The van der Waals surface area contributed by atoms with Gasteiger partial charge in [0.1, 0.15) is 22.8 Å². The number of phenolic OH excluding ortho intramolecular Hbond substituents is 1. The molecule has 0 saturated heterocycles. The lowest BCUT2D eigenvalue weighted by Crippen LogP contribution is -2.65. The number of carbonyl (C=O) groups excluding carboxylic acids is 3. The average molecular weight is 481 g/mol. The number of likely N-dealkylation sites (N-methyl/N-ethyl adjacent to an activating group) is 1. The molecule has 1 aromatic carbocycles. The summed E-state index contributed by atoms with van der Waals surface area (Å²) in [6.45, 7) is 2.00. The Hall–Kier alpha value is -3.61. The van der Waals surface area contributed by atoms with E-state index in [2.05, 4.69) is 11.8 Å². The van der Waals surface area contributed by atoms with E-state index in [9.17, 15) is 34.8 Å². The van der Waals surface area contributed by atoms with Crippen LogP contribution in [-0.2, 0) is 20.8 Å². The highest BCUT2D eigenvalue weighted by atomic mass is 16.3. The molecule has 4 rings (SSSR count). The second-order valence-corrected chi connectivity index (χ2v) is 9.50. The number of unbranched alkanes of at least 4 members (excludes halogenated alkanes) is 1. The van der Waals surface area contributed by atoms with Crippen molar-refractivity contribution in [2.45, 2.75) is 44.2 Å². The summed E-state index contributed by atoms with van der Waals surface area (Å²) in [7, 11) is 3.12. The number of aliphatic hydroxyl groups excluding tert-OH is 2. The van der Waals surface area contributed by atoms with Crippen LogP contribution < -0.4 is 5.73 Å². The Balaban J connectivity index is 1.95. The van der Waals surface area contributed by atoms with Gasteiger partial charge in [0.15, 0.2) is 11.4 Å². The van der Waals surface area contributed by atoms with E-state index in [-0.39, 0.29) is 29.7 Å². The molecule has 0 radical (unpaired) electrons. The predicted octanol–water partition coefficient (Wildman–Crippen LogP) is 1.12. The van der Waals surface area contributed by atoms with Gasteiger partial charge in [-0.15, -0.1) is 0 Å². The number of carbonyl (C=O) groups is 3. The summed E-state index contributed by atoms with van der Waals surface area (Å²) in [5.41, 5.74) is 2.89. The highest BCUT2D eigenvalue weighted by Gasteiger charge is 2.64. The van der Waals surface area contributed by atoms with Crippen LogP contribution in [0.5, 0.6) is 5.75 Å². The number of aromatic hydroxyl groups is 1.